The second kappa shape index (κ2) is 5.81. The summed E-state index contributed by atoms with van der Waals surface area (Å²) in [7, 11) is -6.26. The number of sulfone groups is 2. The second-order valence-electron chi connectivity index (χ2n) is 3.74. The molecule has 0 aromatic carbocycles. The second-order valence-corrected chi connectivity index (χ2v) is 8.54. The topological polar surface area (TPSA) is 94.3 Å². The number of hydrogen-bond donors (Lipinski definition) is 1. The van der Waals surface area contributed by atoms with E-state index in [0.717, 1.165) is 6.26 Å². The van der Waals surface area contributed by atoms with Crippen molar-refractivity contribution in [2.75, 3.05) is 24.3 Å². The van der Waals surface area contributed by atoms with Crippen molar-refractivity contribution in [2.45, 2.75) is 25.0 Å². The molecule has 15 heavy (non-hydrogen) atoms. The number of rotatable bonds is 7. The van der Waals surface area contributed by atoms with Crippen LogP contribution in [0, 0.1) is 0 Å². The molecule has 1 unspecified atom stereocenters. The highest BCUT2D eigenvalue weighted by Crippen LogP contribution is 2.07. The molecule has 0 radical (unpaired) electrons. The first-order valence-electron chi connectivity index (χ1n) is 4.78. The summed E-state index contributed by atoms with van der Waals surface area (Å²) in [5.74, 6) is -0.164. The van der Waals surface area contributed by atoms with E-state index in [1.54, 1.807) is 6.92 Å². The van der Waals surface area contributed by atoms with Gasteiger partial charge in [-0.2, -0.15) is 0 Å². The monoisotopic (exact) mass is 257 g/mol. The predicted octanol–water partition coefficient (Wildman–Crippen LogP) is -0.427. The Kier molecular flexibility index (Phi) is 5.76. The van der Waals surface area contributed by atoms with Crippen molar-refractivity contribution in [3.05, 3.63) is 0 Å². The Balaban J connectivity index is 4.17. The minimum atomic E-state index is -3.19. The van der Waals surface area contributed by atoms with Gasteiger partial charge in [0.1, 0.15) is 9.84 Å². The van der Waals surface area contributed by atoms with E-state index in [4.69, 9.17) is 5.73 Å². The lowest BCUT2D eigenvalue weighted by Gasteiger charge is -2.10. The first-order valence-corrected chi connectivity index (χ1v) is 8.56. The van der Waals surface area contributed by atoms with Crippen molar-refractivity contribution in [1.82, 2.24) is 0 Å². The molecule has 0 spiro atoms. The Morgan fingerprint density at radius 3 is 2.07 bits per heavy atom. The van der Waals surface area contributed by atoms with E-state index in [1.165, 1.54) is 0 Å². The van der Waals surface area contributed by atoms with Crippen LogP contribution in [0.4, 0.5) is 0 Å². The molecule has 0 bridgehead atoms. The Morgan fingerprint density at radius 2 is 1.67 bits per heavy atom. The van der Waals surface area contributed by atoms with E-state index < -0.39 is 24.9 Å². The SMILES string of the molecule is CC(CCN)S(=O)(=O)CCCS(C)(=O)=O. The lowest BCUT2D eigenvalue weighted by molar-refractivity contribution is 0.576. The number of nitrogens with two attached hydrogens (primary N) is 1. The molecule has 0 saturated heterocycles. The van der Waals surface area contributed by atoms with Gasteiger partial charge in [0, 0.05) is 6.26 Å². The lowest BCUT2D eigenvalue weighted by atomic mass is 10.3. The van der Waals surface area contributed by atoms with Crippen molar-refractivity contribution >= 4 is 19.7 Å². The Hall–Kier alpha value is -0.140. The molecule has 2 N–H and O–H groups in total. The van der Waals surface area contributed by atoms with Crippen LogP contribution in [0.1, 0.15) is 19.8 Å². The zero-order chi connectivity index (χ0) is 12.1. The van der Waals surface area contributed by atoms with E-state index in [0.29, 0.717) is 13.0 Å². The third-order valence-corrected chi connectivity index (χ3v) is 5.48. The van der Waals surface area contributed by atoms with Crippen LogP contribution in [-0.4, -0.2) is 46.4 Å². The van der Waals surface area contributed by atoms with Gasteiger partial charge in [-0.05, 0) is 26.3 Å². The predicted molar refractivity (Wildman–Crippen MR) is 61.2 cm³/mol. The van der Waals surface area contributed by atoms with Crippen LogP contribution < -0.4 is 5.73 Å². The molecule has 0 saturated carbocycles. The molecule has 0 fully saturated rings. The third-order valence-electron chi connectivity index (χ3n) is 2.13. The fourth-order valence-corrected chi connectivity index (χ4v) is 3.43. The van der Waals surface area contributed by atoms with E-state index in [1.807, 2.05) is 0 Å². The van der Waals surface area contributed by atoms with Gasteiger partial charge in [-0.15, -0.1) is 0 Å². The molecule has 7 heteroatoms. The minimum absolute atomic E-state index is 0.0818. The van der Waals surface area contributed by atoms with Crippen LogP contribution in [0.15, 0.2) is 0 Å². The summed E-state index contributed by atoms with van der Waals surface area (Å²) in [5.41, 5.74) is 5.26. The molecule has 0 aromatic heterocycles. The minimum Gasteiger partial charge on any atom is -0.330 e. The van der Waals surface area contributed by atoms with Crippen molar-refractivity contribution < 1.29 is 16.8 Å². The van der Waals surface area contributed by atoms with E-state index in [2.05, 4.69) is 0 Å². The molecular formula is C8H19NO4S2. The summed E-state index contributed by atoms with van der Waals surface area (Å²) < 4.78 is 44.7. The van der Waals surface area contributed by atoms with Crippen LogP contribution >= 0.6 is 0 Å². The van der Waals surface area contributed by atoms with E-state index in [9.17, 15) is 16.8 Å². The fourth-order valence-electron chi connectivity index (χ4n) is 1.14. The molecule has 0 aliphatic carbocycles. The van der Waals surface area contributed by atoms with Gasteiger partial charge in [0.05, 0.1) is 16.8 Å². The highest BCUT2D eigenvalue weighted by Gasteiger charge is 2.20. The van der Waals surface area contributed by atoms with Gasteiger partial charge in [0.15, 0.2) is 9.84 Å². The highest BCUT2D eigenvalue weighted by atomic mass is 32.2. The summed E-state index contributed by atoms with van der Waals surface area (Å²) in [5, 5.41) is -0.484. The van der Waals surface area contributed by atoms with Crippen molar-refractivity contribution in [3.63, 3.8) is 0 Å². The van der Waals surface area contributed by atoms with Crippen molar-refractivity contribution in [1.29, 1.82) is 0 Å². The Labute approximate surface area is 91.9 Å². The zero-order valence-electron chi connectivity index (χ0n) is 9.14. The lowest BCUT2D eigenvalue weighted by Crippen LogP contribution is -2.25. The van der Waals surface area contributed by atoms with Crippen LogP contribution in [0.3, 0.4) is 0 Å². The highest BCUT2D eigenvalue weighted by molar-refractivity contribution is 7.92. The average Bonchev–Trinajstić information content (AvgIpc) is 2.01. The summed E-state index contributed by atoms with van der Waals surface area (Å²) >= 11 is 0. The number of hydrogen-bond acceptors (Lipinski definition) is 5. The Bertz CT molecular complexity index is 371. The normalized spacial score (nSPS) is 15.1. The van der Waals surface area contributed by atoms with Crippen LogP contribution in [0.25, 0.3) is 0 Å². The largest absolute Gasteiger partial charge is 0.330 e. The molecule has 1 atom stereocenters. The first kappa shape index (κ1) is 14.9. The molecule has 5 nitrogen and oxygen atoms in total. The van der Waals surface area contributed by atoms with E-state index >= 15 is 0 Å². The maximum atomic E-state index is 11.6. The summed E-state index contributed by atoms with van der Waals surface area (Å²) in [6.45, 7) is 1.93. The molecule has 0 amide bonds. The molecule has 92 valence electrons. The van der Waals surface area contributed by atoms with Gasteiger partial charge in [-0.1, -0.05) is 0 Å². The molecule has 0 aliphatic rings. The van der Waals surface area contributed by atoms with Gasteiger partial charge in [-0.3, -0.25) is 0 Å². The molecular weight excluding hydrogens is 238 g/mol. The zero-order valence-corrected chi connectivity index (χ0v) is 10.8. The smallest absolute Gasteiger partial charge is 0.152 e. The summed E-state index contributed by atoms with van der Waals surface area (Å²) in [6.07, 6.45) is 1.68. The molecule has 0 aliphatic heterocycles. The maximum absolute atomic E-state index is 11.6. The van der Waals surface area contributed by atoms with Crippen molar-refractivity contribution in [2.24, 2.45) is 5.73 Å². The van der Waals surface area contributed by atoms with Crippen LogP contribution in [0.2, 0.25) is 0 Å². The maximum Gasteiger partial charge on any atom is 0.152 e. The summed E-state index contributed by atoms with van der Waals surface area (Å²) in [6, 6.07) is 0. The van der Waals surface area contributed by atoms with Gasteiger partial charge >= 0.3 is 0 Å². The first-order chi connectivity index (χ1) is 6.69. The molecule has 0 heterocycles. The van der Waals surface area contributed by atoms with Gasteiger partial charge in [0.2, 0.25) is 0 Å². The van der Waals surface area contributed by atoms with Gasteiger partial charge in [-0.25, -0.2) is 16.8 Å². The molecule has 0 rings (SSSR count). The molecule has 0 aromatic rings. The third kappa shape index (κ3) is 6.86. The standard InChI is InChI=1S/C8H19NO4S2/c1-8(4-5-9)15(12,13)7-3-6-14(2,10)11/h8H,3-7,9H2,1-2H3. The van der Waals surface area contributed by atoms with Crippen molar-refractivity contribution in [3.8, 4) is 0 Å². The van der Waals surface area contributed by atoms with Gasteiger partial charge < -0.3 is 5.73 Å². The average molecular weight is 257 g/mol. The quantitative estimate of drug-likeness (QED) is 0.668. The summed E-state index contributed by atoms with van der Waals surface area (Å²) in [4.78, 5) is 0. The fraction of sp³-hybridized carbons (Fsp3) is 1.00. The van der Waals surface area contributed by atoms with Crippen LogP contribution in [0.5, 0.6) is 0 Å². The van der Waals surface area contributed by atoms with Gasteiger partial charge in [0.25, 0.3) is 0 Å². The van der Waals surface area contributed by atoms with Crippen LogP contribution in [-0.2, 0) is 19.7 Å². The van der Waals surface area contributed by atoms with E-state index in [-0.39, 0.29) is 17.9 Å². The Morgan fingerprint density at radius 1 is 1.13 bits per heavy atom.